The topological polar surface area (TPSA) is 78.7 Å². The number of hydrogen-bond acceptors (Lipinski definition) is 6. The van der Waals surface area contributed by atoms with Crippen LogP contribution in [0.5, 0.6) is 11.6 Å². The third-order valence-electron chi connectivity index (χ3n) is 4.93. The van der Waals surface area contributed by atoms with E-state index >= 15 is 0 Å². The van der Waals surface area contributed by atoms with E-state index in [4.69, 9.17) is 19.3 Å². The van der Waals surface area contributed by atoms with Crippen molar-refractivity contribution in [3.05, 3.63) is 47.4 Å². The number of carbonyl (C=O) groups excluding carboxylic acids is 1. The Morgan fingerprint density at radius 1 is 1.09 bits per heavy atom. The Morgan fingerprint density at radius 3 is 2.41 bits per heavy atom. The van der Waals surface area contributed by atoms with E-state index in [0.29, 0.717) is 30.2 Å². The summed E-state index contributed by atoms with van der Waals surface area (Å²) >= 11 is 0. The summed E-state index contributed by atoms with van der Waals surface area (Å²) in [5.74, 6) is 1.99. The standard InChI is InChI=1S/C24H32N4O4/c1-8-28(23(29)32-24(5,6)7)30-15-14-27-18(4)26-20-21(27)16(2)17(3)25-22(20)31-19-12-10-9-11-13-19/h9-13H,8,14-15H2,1-7H3. The molecular formula is C24H32N4O4. The molecule has 0 saturated heterocycles. The van der Waals surface area contributed by atoms with Crippen molar-refractivity contribution < 1.29 is 19.1 Å². The van der Waals surface area contributed by atoms with Crippen LogP contribution in [0.1, 0.15) is 44.8 Å². The first-order chi connectivity index (χ1) is 15.1. The highest BCUT2D eigenvalue weighted by atomic mass is 16.7. The van der Waals surface area contributed by atoms with Crippen LogP contribution < -0.4 is 4.74 Å². The van der Waals surface area contributed by atoms with Gasteiger partial charge < -0.3 is 14.0 Å². The highest BCUT2D eigenvalue weighted by Crippen LogP contribution is 2.31. The number of carbonyl (C=O) groups is 1. The predicted octanol–water partition coefficient (Wildman–Crippen LogP) is 5.34. The van der Waals surface area contributed by atoms with Gasteiger partial charge in [-0.25, -0.2) is 14.8 Å². The van der Waals surface area contributed by atoms with Gasteiger partial charge in [-0.15, -0.1) is 0 Å². The van der Waals surface area contributed by atoms with Gasteiger partial charge in [-0.2, -0.15) is 5.06 Å². The van der Waals surface area contributed by atoms with Gasteiger partial charge in [0.2, 0.25) is 5.88 Å². The molecule has 2 heterocycles. The van der Waals surface area contributed by atoms with Crippen molar-refractivity contribution in [1.82, 2.24) is 19.6 Å². The lowest BCUT2D eigenvalue weighted by molar-refractivity contribution is -0.146. The Labute approximate surface area is 189 Å². The van der Waals surface area contributed by atoms with Crippen molar-refractivity contribution in [1.29, 1.82) is 0 Å². The maximum Gasteiger partial charge on any atom is 0.434 e. The summed E-state index contributed by atoms with van der Waals surface area (Å²) in [6.07, 6.45) is -0.498. The third-order valence-corrected chi connectivity index (χ3v) is 4.93. The molecule has 0 aliphatic heterocycles. The Balaban J connectivity index is 1.83. The second-order valence-electron chi connectivity index (χ2n) is 8.56. The Bertz CT molecular complexity index is 1090. The molecule has 3 aromatic rings. The summed E-state index contributed by atoms with van der Waals surface area (Å²) in [5, 5.41) is 1.24. The van der Waals surface area contributed by atoms with Crippen molar-refractivity contribution >= 4 is 17.1 Å². The van der Waals surface area contributed by atoms with Crippen LogP contribution in [0.25, 0.3) is 11.0 Å². The fourth-order valence-corrected chi connectivity index (χ4v) is 3.33. The number of aromatic nitrogens is 3. The van der Waals surface area contributed by atoms with Crippen molar-refractivity contribution in [2.45, 2.75) is 60.6 Å². The number of hydrogen-bond donors (Lipinski definition) is 0. The van der Waals surface area contributed by atoms with Crippen molar-refractivity contribution in [2.24, 2.45) is 0 Å². The van der Waals surface area contributed by atoms with Crippen molar-refractivity contribution in [3.63, 3.8) is 0 Å². The van der Waals surface area contributed by atoms with E-state index in [2.05, 4.69) is 9.55 Å². The molecule has 0 atom stereocenters. The first-order valence-electron chi connectivity index (χ1n) is 10.8. The van der Waals surface area contributed by atoms with Crippen LogP contribution in [0.3, 0.4) is 0 Å². The number of nitrogens with zero attached hydrogens (tertiary/aromatic N) is 4. The lowest BCUT2D eigenvalue weighted by atomic mass is 10.2. The SMILES string of the molecule is CCN(OCCn1c(C)nc2c(Oc3ccccc3)nc(C)c(C)c21)C(=O)OC(C)(C)C. The average Bonchev–Trinajstić information content (AvgIpc) is 3.05. The molecule has 8 nitrogen and oxygen atoms in total. The molecule has 8 heteroatoms. The van der Waals surface area contributed by atoms with Gasteiger partial charge in [0.25, 0.3) is 0 Å². The maximum absolute atomic E-state index is 12.3. The number of benzene rings is 1. The molecular weight excluding hydrogens is 408 g/mol. The summed E-state index contributed by atoms with van der Waals surface area (Å²) in [6, 6.07) is 9.54. The van der Waals surface area contributed by atoms with Crippen molar-refractivity contribution in [2.75, 3.05) is 13.2 Å². The smallest absolute Gasteiger partial charge is 0.434 e. The van der Waals surface area contributed by atoms with Crippen LogP contribution in [0.2, 0.25) is 0 Å². The highest BCUT2D eigenvalue weighted by molar-refractivity contribution is 5.85. The van der Waals surface area contributed by atoms with E-state index in [1.54, 1.807) is 0 Å². The Hall–Kier alpha value is -3.13. The molecule has 2 aromatic heterocycles. The van der Waals surface area contributed by atoms with Gasteiger partial charge in [0.05, 0.1) is 18.7 Å². The molecule has 0 saturated carbocycles. The van der Waals surface area contributed by atoms with E-state index in [9.17, 15) is 4.79 Å². The fraction of sp³-hybridized carbons (Fsp3) is 0.458. The highest BCUT2D eigenvalue weighted by Gasteiger charge is 2.23. The number of fused-ring (bicyclic) bond motifs is 1. The summed E-state index contributed by atoms with van der Waals surface area (Å²) in [6.45, 7) is 14.4. The molecule has 0 aliphatic rings. The molecule has 0 spiro atoms. The second kappa shape index (κ2) is 9.56. The molecule has 0 aliphatic carbocycles. The number of hydroxylamine groups is 2. The molecule has 3 rings (SSSR count). The van der Waals surface area contributed by atoms with Gasteiger partial charge in [-0.3, -0.25) is 4.84 Å². The minimum Gasteiger partial charge on any atom is -0.442 e. The van der Waals surface area contributed by atoms with Crippen LogP contribution in [0.15, 0.2) is 30.3 Å². The zero-order valence-corrected chi connectivity index (χ0v) is 19.9. The number of pyridine rings is 1. The monoisotopic (exact) mass is 440 g/mol. The summed E-state index contributed by atoms with van der Waals surface area (Å²) in [4.78, 5) is 27.4. The summed E-state index contributed by atoms with van der Waals surface area (Å²) < 4.78 is 13.5. The van der Waals surface area contributed by atoms with E-state index in [1.165, 1.54) is 5.06 Å². The lowest BCUT2D eigenvalue weighted by Crippen LogP contribution is -2.37. The number of para-hydroxylation sites is 1. The van der Waals surface area contributed by atoms with E-state index in [0.717, 1.165) is 22.6 Å². The quantitative estimate of drug-likeness (QED) is 0.462. The van der Waals surface area contributed by atoms with Crippen LogP contribution in [0.4, 0.5) is 4.79 Å². The molecule has 1 aromatic carbocycles. The molecule has 0 radical (unpaired) electrons. The third kappa shape index (κ3) is 5.37. The molecule has 0 fully saturated rings. The summed E-state index contributed by atoms with van der Waals surface area (Å²) in [5.41, 5.74) is 2.97. The van der Waals surface area contributed by atoms with Gasteiger partial charge in [-0.05, 0) is 66.2 Å². The van der Waals surface area contributed by atoms with E-state index < -0.39 is 11.7 Å². The molecule has 0 N–H and O–H groups in total. The van der Waals surface area contributed by atoms with Crippen LogP contribution in [-0.4, -0.2) is 44.4 Å². The minimum absolute atomic E-state index is 0.287. The zero-order valence-electron chi connectivity index (χ0n) is 19.9. The first-order valence-corrected chi connectivity index (χ1v) is 10.8. The van der Waals surface area contributed by atoms with Crippen LogP contribution in [-0.2, 0) is 16.1 Å². The number of rotatable bonds is 7. The van der Waals surface area contributed by atoms with Crippen LogP contribution in [0, 0.1) is 20.8 Å². The van der Waals surface area contributed by atoms with Gasteiger partial charge in [0.1, 0.15) is 17.2 Å². The van der Waals surface area contributed by atoms with Gasteiger partial charge in [0.15, 0.2) is 5.52 Å². The average molecular weight is 441 g/mol. The van der Waals surface area contributed by atoms with E-state index in [-0.39, 0.29) is 6.61 Å². The number of imidazole rings is 1. The summed E-state index contributed by atoms with van der Waals surface area (Å²) in [7, 11) is 0. The zero-order chi connectivity index (χ0) is 23.5. The van der Waals surface area contributed by atoms with Gasteiger partial charge in [0, 0.05) is 12.2 Å². The van der Waals surface area contributed by atoms with Crippen LogP contribution >= 0.6 is 0 Å². The fourth-order valence-electron chi connectivity index (χ4n) is 3.33. The van der Waals surface area contributed by atoms with E-state index in [1.807, 2.05) is 78.8 Å². The molecule has 0 unspecified atom stereocenters. The Kier molecular flexibility index (Phi) is 7.03. The molecule has 172 valence electrons. The van der Waals surface area contributed by atoms with Crippen molar-refractivity contribution in [3.8, 4) is 11.6 Å². The number of amides is 1. The molecule has 1 amide bonds. The maximum atomic E-state index is 12.3. The molecule has 32 heavy (non-hydrogen) atoms. The largest absolute Gasteiger partial charge is 0.442 e. The normalized spacial score (nSPS) is 11.6. The van der Waals surface area contributed by atoms with Gasteiger partial charge in [-0.1, -0.05) is 18.2 Å². The number of aryl methyl sites for hydroxylation is 3. The molecule has 0 bridgehead atoms. The predicted molar refractivity (Wildman–Crippen MR) is 123 cm³/mol. The van der Waals surface area contributed by atoms with Gasteiger partial charge >= 0.3 is 6.09 Å². The second-order valence-corrected chi connectivity index (χ2v) is 8.56. The first kappa shape index (κ1) is 23.5. The Morgan fingerprint density at radius 2 is 1.78 bits per heavy atom. The number of ether oxygens (including phenoxy) is 2. The lowest BCUT2D eigenvalue weighted by Gasteiger charge is -2.26. The minimum atomic E-state index is -0.582.